The van der Waals surface area contributed by atoms with Crippen molar-refractivity contribution in [1.29, 1.82) is 0 Å². The number of carbonyl (C=O) groups is 1. The van der Waals surface area contributed by atoms with Crippen LogP contribution in [0.15, 0.2) is 0 Å². The molecule has 0 unspecified atom stereocenters. The molecule has 0 spiro atoms. The Bertz CT molecular complexity index is 102. The fourth-order valence-electron chi connectivity index (χ4n) is 0.551. The molecule has 0 saturated heterocycles. The van der Waals surface area contributed by atoms with Gasteiger partial charge in [-0.05, 0) is 6.92 Å². The van der Waals surface area contributed by atoms with Crippen molar-refractivity contribution in [2.24, 2.45) is 0 Å². The summed E-state index contributed by atoms with van der Waals surface area (Å²) in [6, 6.07) is 1.14. The largest absolute Gasteiger partial charge is 0.300 e. The molecule has 0 aliphatic rings. The van der Waals surface area contributed by atoms with Gasteiger partial charge in [0.1, 0.15) is 5.78 Å². The molecular formula is C7H16OSi. The average Bonchev–Trinajstić information content (AvgIpc) is 1.59. The van der Waals surface area contributed by atoms with Gasteiger partial charge < -0.3 is 4.79 Å². The molecule has 1 nitrogen and oxygen atoms in total. The quantitative estimate of drug-likeness (QED) is 0.555. The predicted molar refractivity (Wildman–Crippen MR) is 43.5 cm³/mol. The molecule has 0 fully saturated rings. The van der Waals surface area contributed by atoms with Crippen molar-refractivity contribution < 1.29 is 4.79 Å². The molecule has 0 amide bonds. The molecule has 0 radical (unpaired) electrons. The molecule has 0 saturated carbocycles. The highest BCUT2D eigenvalue weighted by Gasteiger charge is 2.12. The second-order valence-corrected chi connectivity index (χ2v) is 9.38. The smallest absolute Gasteiger partial charge is 0.129 e. The monoisotopic (exact) mass is 144 g/mol. The van der Waals surface area contributed by atoms with Crippen molar-refractivity contribution in [1.82, 2.24) is 0 Å². The Balaban J connectivity index is 3.39. The molecule has 0 N–H and O–H groups in total. The van der Waals surface area contributed by atoms with Gasteiger partial charge in [-0.3, -0.25) is 0 Å². The van der Waals surface area contributed by atoms with E-state index in [1.54, 1.807) is 6.92 Å². The van der Waals surface area contributed by atoms with E-state index in [0.29, 0.717) is 5.78 Å². The molecule has 0 bridgehead atoms. The Labute approximate surface area is 58.5 Å². The van der Waals surface area contributed by atoms with Crippen LogP contribution in [-0.2, 0) is 4.79 Å². The van der Waals surface area contributed by atoms with Crippen LogP contribution in [0.5, 0.6) is 0 Å². The van der Waals surface area contributed by atoms with E-state index in [1.807, 2.05) is 0 Å². The van der Waals surface area contributed by atoms with Crippen LogP contribution in [0.3, 0.4) is 0 Å². The van der Waals surface area contributed by atoms with Crippen LogP contribution in [0, 0.1) is 0 Å². The van der Waals surface area contributed by atoms with Gasteiger partial charge in [0.05, 0.1) is 0 Å². The highest BCUT2D eigenvalue weighted by atomic mass is 28.3. The van der Waals surface area contributed by atoms with Gasteiger partial charge in [-0.15, -0.1) is 0 Å². The highest BCUT2D eigenvalue weighted by Crippen LogP contribution is 2.10. The maximum atomic E-state index is 10.5. The van der Waals surface area contributed by atoms with Crippen LogP contribution >= 0.6 is 0 Å². The second-order valence-electron chi connectivity index (χ2n) is 3.76. The van der Waals surface area contributed by atoms with E-state index in [2.05, 4.69) is 19.6 Å². The first kappa shape index (κ1) is 8.89. The first-order chi connectivity index (χ1) is 3.92. The van der Waals surface area contributed by atoms with Crippen molar-refractivity contribution in [2.45, 2.75) is 39.0 Å². The standard InChI is InChI=1S/C7H16OSi/c1-7(8)5-6-9(2,3)4/h5-6H2,1-4H3. The zero-order valence-electron chi connectivity index (χ0n) is 6.82. The maximum absolute atomic E-state index is 10.5. The summed E-state index contributed by atoms with van der Waals surface area (Å²) in [5.74, 6) is 0.331. The molecule has 2 heteroatoms. The minimum atomic E-state index is -0.941. The van der Waals surface area contributed by atoms with Crippen molar-refractivity contribution in [3.05, 3.63) is 0 Å². The molecule has 0 aromatic carbocycles. The summed E-state index contributed by atoms with van der Waals surface area (Å²) < 4.78 is 0. The fourth-order valence-corrected chi connectivity index (χ4v) is 1.65. The lowest BCUT2D eigenvalue weighted by Crippen LogP contribution is -2.19. The first-order valence-electron chi connectivity index (χ1n) is 3.41. The lowest BCUT2D eigenvalue weighted by atomic mass is 10.4. The zero-order chi connectivity index (χ0) is 7.49. The molecule has 0 aliphatic carbocycles. The summed E-state index contributed by atoms with van der Waals surface area (Å²) >= 11 is 0. The van der Waals surface area contributed by atoms with Crippen molar-refractivity contribution in [3.8, 4) is 0 Å². The van der Waals surface area contributed by atoms with Crippen LogP contribution in [-0.4, -0.2) is 13.9 Å². The van der Waals surface area contributed by atoms with E-state index < -0.39 is 8.07 Å². The third-order valence-electron chi connectivity index (χ3n) is 1.23. The van der Waals surface area contributed by atoms with Gasteiger partial charge in [0.15, 0.2) is 0 Å². The summed E-state index contributed by atoms with van der Waals surface area (Å²) in [6.07, 6.45) is 0.787. The van der Waals surface area contributed by atoms with Crippen LogP contribution in [0.25, 0.3) is 0 Å². The van der Waals surface area contributed by atoms with Gasteiger partial charge >= 0.3 is 0 Å². The predicted octanol–water partition coefficient (Wildman–Crippen LogP) is 2.30. The van der Waals surface area contributed by atoms with Gasteiger partial charge in [0.25, 0.3) is 0 Å². The summed E-state index contributed by atoms with van der Waals surface area (Å²) in [6.45, 7) is 8.53. The summed E-state index contributed by atoms with van der Waals surface area (Å²) in [4.78, 5) is 10.5. The Morgan fingerprint density at radius 3 is 1.89 bits per heavy atom. The highest BCUT2D eigenvalue weighted by molar-refractivity contribution is 6.76. The molecule has 0 heterocycles. The summed E-state index contributed by atoms with van der Waals surface area (Å²) in [5, 5.41) is 0. The van der Waals surface area contributed by atoms with E-state index in [9.17, 15) is 4.79 Å². The van der Waals surface area contributed by atoms with Crippen LogP contribution in [0.2, 0.25) is 25.7 Å². The van der Waals surface area contributed by atoms with Crippen LogP contribution < -0.4 is 0 Å². The normalized spacial score (nSPS) is 11.6. The minimum absolute atomic E-state index is 0.331. The Hall–Kier alpha value is -0.113. The minimum Gasteiger partial charge on any atom is -0.300 e. The first-order valence-corrected chi connectivity index (χ1v) is 7.12. The van der Waals surface area contributed by atoms with Crippen LogP contribution in [0.4, 0.5) is 0 Å². The molecular weight excluding hydrogens is 128 g/mol. The Morgan fingerprint density at radius 1 is 1.33 bits per heavy atom. The van der Waals surface area contributed by atoms with E-state index in [4.69, 9.17) is 0 Å². The molecule has 0 atom stereocenters. The van der Waals surface area contributed by atoms with E-state index >= 15 is 0 Å². The van der Waals surface area contributed by atoms with Gasteiger partial charge in [0.2, 0.25) is 0 Å². The van der Waals surface area contributed by atoms with Crippen LogP contribution in [0.1, 0.15) is 13.3 Å². The maximum Gasteiger partial charge on any atom is 0.129 e. The molecule has 0 aromatic rings. The number of hydrogen-bond donors (Lipinski definition) is 0. The van der Waals surface area contributed by atoms with Gasteiger partial charge in [-0.2, -0.15) is 0 Å². The van der Waals surface area contributed by atoms with E-state index in [0.717, 1.165) is 12.5 Å². The molecule has 54 valence electrons. The van der Waals surface area contributed by atoms with Crippen molar-refractivity contribution in [3.63, 3.8) is 0 Å². The topological polar surface area (TPSA) is 17.1 Å². The number of Topliss-reactive ketones (excluding diaryl/α,β-unsaturated/α-hetero) is 1. The van der Waals surface area contributed by atoms with Gasteiger partial charge in [-0.1, -0.05) is 25.7 Å². The molecule has 0 aromatic heterocycles. The number of hydrogen-bond acceptors (Lipinski definition) is 1. The Morgan fingerprint density at radius 2 is 1.78 bits per heavy atom. The van der Waals surface area contributed by atoms with Crippen molar-refractivity contribution >= 4 is 13.9 Å². The molecule has 9 heavy (non-hydrogen) atoms. The number of carbonyl (C=O) groups excluding carboxylic acids is 1. The number of ketones is 1. The summed E-state index contributed by atoms with van der Waals surface area (Å²) in [7, 11) is -0.941. The third-order valence-corrected chi connectivity index (χ3v) is 2.98. The van der Waals surface area contributed by atoms with E-state index in [1.165, 1.54) is 0 Å². The number of rotatable bonds is 3. The Kier molecular flexibility index (Phi) is 3.12. The van der Waals surface area contributed by atoms with E-state index in [-0.39, 0.29) is 0 Å². The zero-order valence-corrected chi connectivity index (χ0v) is 7.82. The third kappa shape index (κ3) is 7.89. The van der Waals surface area contributed by atoms with Crippen molar-refractivity contribution in [2.75, 3.05) is 0 Å². The second kappa shape index (κ2) is 3.16. The fraction of sp³-hybridized carbons (Fsp3) is 0.857. The average molecular weight is 144 g/mol. The van der Waals surface area contributed by atoms with Gasteiger partial charge in [-0.25, -0.2) is 0 Å². The molecule has 0 aliphatic heterocycles. The lowest BCUT2D eigenvalue weighted by molar-refractivity contribution is -0.116. The molecule has 0 rings (SSSR count). The van der Waals surface area contributed by atoms with Gasteiger partial charge in [0, 0.05) is 14.5 Å². The SMILES string of the molecule is CC(=O)CC[Si](C)(C)C. The lowest BCUT2D eigenvalue weighted by Gasteiger charge is -2.13. The summed E-state index contributed by atoms with van der Waals surface area (Å²) in [5.41, 5.74) is 0.